The molecule has 1 aliphatic rings. The molecule has 1 aromatic heterocycles. The number of nitrogens with one attached hydrogen (secondary N) is 2. The highest BCUT2D eigenvalue weighted by Crippen LogP contribution is 2.18. The van der Waals surface area contributed by atoms with Gasteiger partial charge in [-0.15, -0.1) is 24.0 Å². The van der Waals surface area contributed by atoms with Crippen molar-refractivity contribution in [1.82, 2.24) is 30.2 Å². The summed E-state index contributed by atoms with van der Waals surface area (Å²) in [7, 11) is 6.06. The molecule has 1 unspecified atom stereocenters. The second kappa shape index (κ2) is 12.4. The molecule has 1 amide bonds. The van der Waals surface area contributed by atoms with Crippen LogP contribution in [0.2, 0.25) is 0 Å². The number of halogens is 1. The van der Waals surface area contributed by atoms with Crippen LogP contribution in [0.1, 0.15) is 45.2 Å². The van der Waals surface area contributed by atoms with E-state index in [0.717, 1.165) is 44.0 Å². The molecule has 2 N–H and O–H groups in total. The number of carbonyl (C=O) groups excluding carboxylic acids is 1. The molecule has 1 atom stereocenters. The van der Waals surface area contributed by atoms with Crippen LogP contribution >= 0.6 is 24.0 Å². The lowest BCUT2D eigenvalue weighted by Gasteiger charge is -2.34. The molecular weight excluding hydrogens is 481 g/mol. The van der Waals surface area contributed by atoms with Crippen LogP contribution in [0.5, 0.6) is 0 Å². The Balaban J connectivity index is 0.00000420. The van der Waals surface area contributed by atoms with Crippen molar-refractivity contribution in [1.29, 1.82) is 0 Å². The summed E-state index contributed by atoms with van der Waals surface area (Å²) >= 11 is 0. The predicted molar refractivity (Wildman–Crippen MR) is 129 cm³/mol. The van der Waals surface area contributed by atoms with Crippen molar-refractivity contribution in [3.63, 3.8) is 0 Å². The number of hydrogen-bond donors (Lipinski definition) is 2. The average Bonchev–Trinajstić information content (AvgIpc) is 3.07. The maximum atomic E-state index is 12.2. The molecule has 0 saturated carbocycles. The van der Waals surface area contributed by atoms with Crippen LogP contribution < -0.4 is 10.6 Å². The van der Waals surface area contributed by atoms with Gasteiger partial charge in [-0.05, 0) is 33.9 Å². The zero-order chi connectivity index (χ0) is 20.7. The Morgan fingerprint density at radius 3 is 2.48 bits per heavy atom. The minimum absolute atomic E-state index is 0. The van der Waals surface area contributed by atoms with Gasteiger partial charge in [0.25, 0.3) is 0 Å². The van der Waals surface area contributed by atoms with Gasteiger partial charge in [-0.3, -0.25) is 14.5 Å². The summed E-state index contributed by atoms with van der Waals surface area (Å²) in [5.74, 6) is 1.16. The average molecular weight is 519 g/mol. The van der Waals surface area contributed by atoms with Crippen LogP contribution in [0, 0.1) is 5.92 Å². The van der Waals surface area contributed by atoms with Crippen LogP contribution in [-0.2, 0) is 11.8 Å². The third-order valence-corrected chi connectivity index (χ3v) is 5.14. The quantitative estimate of drug-likeness (QED) is 0.327. The molecule has 8 nitrogen and oxygen atoms in total. The molecule has 0 spiro atoms. The fraction of sp³-hybridized carbons (Fsp3) is 0.750. The highest BCUT2D eigenvalue weighted by atomic mass is 127. The first-order chi connectivity index (χ1) is 13.3. The van der Waals surface area contributed by atoms with Crippen LogP contribution in [0.25, 0.3) is 0 Å². The molecule has 2 heterocycles. The molecule has 166 valence electrons. The van der Waals surface area contributed by atoms with Crippen molar-refractivity contribution < 1.29 is 4.79 Å². The molecule has 0 bridgehead atoms. The molecule has 29 heavy (non-hydrogen) atoms. The van der Waals surface area contributed by atoms with E-state index < -0.39 is 0 Å². The lowest BCUT2D eigenvalue weighted by atomic mass is 10.0. The first kappa shape index (κ1) is 25.7. The Hall–Kier alpha value is -1.36. The van der Waals surface area contributed by atoms with E-state index in [1.807, 2.05) is 42.9 Å². The van der Waals surface area contributed by atoms with E-state index in [4.69, 9.17) is 4.99 Å². The minimum Gasteiger partial charge on any atom is -0.357 e. The molecule has 1 fully saturated rings. The zero-order valence-corrected chi connectivity index (χ0v) is 21.0. The summed E-state index contributed by atoms with van der Waals surface area (Å²) in [6.07, 6.45) is 5.84. The van der Waals surface area contributed by atoms with Crippen LogP contribution in [-0.4, -0.2) is 77.8 Å². The lowest BCUT2D eigenvalue weighted by Crippen LogP contribution is -2.50. The summed E-state index contributed by atoms with van der Waals surface area (Å²) < 4.78 is 1.82. The first-order valence-electron chi connectivity index (χ1n) is 10.3. The SMILES string of the molecule is CCNC(=NCC(c1cnn(C)c1)N(C)C)NC1CCN(C(=O)C(C)C)CC1.I. The molecule has 1 aliphatic heterocycles. The molecule has 0 aromatic carbocycles. The number of likely N-dealkylation sites (N-methyl/N-ethyl adjacent to an activating group) is 1. The lowest BCUT2D eigenvalue weighted by molar-refractivity contribution is -0.135. The van der Waals surface area contributed by atoms with E-state index in [9.17, 15) is 4.79 Å². The first-order valence-corrected chi connectivity index (χ1v) is 10.3. The van der Waals surface area contributed by atoms with E-state index >= 15 is 0 Å². The second-order valence-electron chi connectivity index (χ2n) is 8.04. The standard InChI is InChI=1S/C20H37N7O.HI/c1-7-21-20(22-13-18(25(4)5)16-12-23-26(6)14-16)24-17-8-10-27(11-9-17)19(28)15(2)3;/h12,14-15,17-18H,7-11,13H2,1-6H3,(H2,21,22,24);1H. The highest BCUT2D eigenvalue weighted by Gasteiger charge is 2.25. The normalized spacial score (nSPS) is 16.7. The Bertz CT molecular complexity index is 651. The van der Waals surface area contributed by atoms with Crippen LogP contribution in [0.4, 0.5) is 0 Å². The summed E-state index contributed by atoms with van der Waals surface area (Å²) in [5, 5.41) is 11.2. The number of nitrogens with zero attached hydrogens (tertiary/aromatic N) is 5. The molecule has 1 aromatic rings. The topological polar surface area (TPSA) is 77.8 Å². The third kappa shape index (κ3) is 7.76. The van der Waals surface area contributed by atoms with Crippen molar-refractivity contribution in [3.05, 3.63) is 18.0 Å². The predicted octanol–water partition coefficient (Wildman–Crippen LogP) is 1.84. The van der Waals surface area contributed by atoms with Gasteiger partial charge < -0.3 is 20.4 Å². The van der Waals surface area contributed by atoms with Gasteiger partial charge in [0.1, 0.15) is 0 Å². The number of guanidine groups is 1. The zero-order valence-electron chi connectivity index (χ0n) is 18.7. The fourth-order valence-electron chi connectivity index (χ4n) is 3.48. The number of aryl methyl sites for hydroxylation is 1. The number of piperidine rings is 1. The van der Waals surface area contributed by atoms with Crippen molar-refractivity contribution in [2.75, 3.05) is 40.3 Å². The number of aliphatic imine (C=N–C) groups is 1. The molecular formula is C20H38IN7O. The van der Waals surface area contributed by atoms with E-state index in [2.05, 4.69) is 41.7 Å². The van der Waals surface area contributed by atoms with Gasteiger partial charge in [0.15, 0.2) is 5.96 Å². The van der Waals surface area contributed by atoms with Gasteiger partial charge >= 0.3 is 0 Å². The maximum absolute atomic E-state index is 12.2. The number of rotatable bonds is 7. The summed E-state index contributed by atoms with van der Waals surface area (Å²) in [4.78, 5) is 21.1. The summed E-state index contributed by atoms with van der Waals surface area (Å²) in [6, 6.07) is 0.514. The Kier molecular flexibility index (Phi) is 10.9. The van der Waals surface area contributed by atoms with Gasteiger partial charge in [-0.1, -0.05) is 13.8 Å². The number of aromatic nitrogens is 2. The number of hydrogen-bond acceptors (Lipinski definition) is 4. The Morgan fingerprint density at radius 2 is 2.00 bits per heavy atom. The number of carbonyl (C=O) groups is 1. The highest BCUT2D eigenvalue weighted by molar-refractivity contribution is 14.0. The van der Waals surface area contributed by atoms with E-state index in [1.54, 1.807) is 0 Å². The van der Waals surface area contributed by atoms with E-state index in [0.29, 0.717) is 12.6 Å². The molecule has 1 saturated heterocycles. The molecule has 9 heteroatoms. The molecule has 0 aliphatic carbocycles. The Morgan fingerprint density at radius 1 is 1.34 bits per heavy atom. The van der Waals surface area contributed by atoms with Gasteiger partial charge in [-0.2, -0.15) is 5.10 Å². The van der Waals surface area contributed by atoms with E-state index in [1.165, 1.54) is 0 Å². The van der Waals surface area contributed by atoms with Crippen LogP contribution in [0.3, 0.4) is 0 Å². The number of amides is 1. The maximum Gasteiger partial charge on any atom is 0.225 e. The fourth-order valence-corrected chi connectivity index (χ4v) is 3.48. The van der Waals surface area contributed by atoms with E-state index in [-0.39, 0.29) is 41.8 Å². The van der Waals surface area contributed by atoms with Crippen molar-refractivity contribution in [2.45, 2.75) is 45.7 Å². The third-order valence-electron chi connectivity index (χ3n) is 5.14. The minimum atomic E-state index is 0. The smallest absolute Gasteiger partial charge is 0.225 e. The van der Waals surface area contributed by atoms with Gasteiger partial charge in [0.2, 0.25) is 5.91 Å². The second-order valence-corrected chi connectivity index (χ2v) is 8.04. The largest absolute Gasteiger partial charge is 0.357 e. The Labute approximate surface area is 192 Å². The van der Waals surface area contributed by atoms with Crippen LogP contribution in [0.15, 0.2) is 17.4 Å². The summed E-state index contributed by atoms with van der Waals surface area (Å²) in [6.45, 7) is 9.09. The van der Waals surface area contributed by atoms with Crippen molar-refractivity contribution in [2.24, 2.45) is 18.0 Å². The summed E-state index contributed by atoms with van der Waals surface area (Å²) in [5.41, 5.74) is 1.16. The number of likely N-dealkylation sites (tertiary alicyclic amines) is 1. The van der Waals surface area contributed by atoms with Crippen molar-refractivity contribution >= 4 is 35.8 Å². The van der Waals surface area contributed by atoms with Gasteiger partial charge in [0, 0.05) is 50.4 Å². The monoisotopic (exact) mass is 519 g/mol. The molecule has 2 rings (SSSR count). The van der Waals surface area contributed by atoms with Crippen molar-refractivity contribution in [3.8, 4) is 0 Å². The molecule has 0 radical (unpaired) electrons. The van der Waals surface area contributed by atoms with Gasteiger partial charge in [0.05, 0.1) is 18.8 Å². The van der Waals surface area contributed by atoms with Gasteiger partial charge in [-0.25, -0.2) is 0 Å².